The van der Waals surface area contributed by atoms with E-state index < -0.39 is 42.8 Å². The number of nitrogens with zero attached hydrogens (tertiary/aromatic N) is 4. The first-order valence-electron chi connectivity index (χ1n) is 5.07. The molecule has 4 unspecified atom stereocenters. The van der Waals surface area contributed by atoms with Crippen LogP contribution in [-0.4, -0.2) is 36.7 Å². The third kappa shape index (κ3) is 5.18. The van der Waals surface area contributed by atoms with Crippen LogP contribution in [0.2, 0.25) is 0 Å². The second-order valence-corrected chi connectivity index (χ2v) is 6.90. The molecule has 0 aromatic carbocycles. The SMILES string of the molecule is CC(C#N)C(N=NC(C(C)C#N)S(=O)(=O)O)S(=O)(=O)O. The summed E-state index contributed by atoms with van der Waals surface area (Å²) in [6.45, 7) is 2.24. The zero-order valence-electron chi connectivity index (χ0n) is 10.4. The molecule has 0 bridgehead atoms. The standard InChI is InChI=1S/C8H12N4O6S2/c1-5(3-9)7(19(13,14)15)11-12-8(6(2)4-10)20(16,17)18/h5-8H,1-2H3,(H,13,14,15)(H,16,17,18). The molecule has 0 aromatic rings. The Morgan fingerprint density at radius 2 is 1.10 bits per heavy atom. The van der Waals surface area contributed by atoms with Crippen molar-refractivity contribution in [3.8, 4) is 12.1 Å². The fourth-order valence-corrected chi connectivity index (χ4v) is 2.59. The first-order valence-corrected chi connectivity index (χ1v) is 8.07. The van der Waals surface area contributed by atoms with Gasteiger partial charge in [-0.25, -0.2) is 0 Å². The first-order chi connectivity index (χ1) is 8.95. The Kier molecular flexibility index (Phi) is 6.18. The number of hydrogen-bond donors (Lipinski definition) is 2. The minimum atomic E-state index is -4.79. The molecule has 0 aromatic heterocycles. The van der Waals surface area contributed by atoms with Gasteiger partial charge in [0.05, 0.1) is 24.0 Å². The van der Waals surface area contributed by atoms with E-state index in [9.17, 15) is 16.8 Å². The molecule has 112 valence electrons. The van der Waals surface area contributed by atoms with Gasteiger partial charge in [-0.15, -0.1) is 0 Å². The summed E-state index contributed by atoms with van der Waals surface area (Å²) in [6.07, 6.45) is 0. The lowest BCUT2D eigenvalue weighted by molar-refractivity contribution is 0.434. The van der Waals surface area contributed by atoms with Crippen LogP contribution < -0.4 is 0 Å². The Hall–Kier alpha value is -1.60. The Balaban J connectivity index is 5.62. The van der Waals surface area contributed by atoms with Crippen molar-refractivity contribution in [2.75, 3.05) is 0 Å². The van der Waals surface area contributed by atoms with Crippen molar-refractivity contribution >= 4 is 20.2 Å². The fraction of sp³-hybridized carbons (Fsp3) is 0.750. The molecule has 4 atom stereocenters. The average Bonchev–Trinajstić information content (AvgIpc) is 2.29. The van der Waals surface area contributed by atoms with Crippen molar-refractivity contribution < 1.29 is 25.9 Å². The third-order valence-electron chi connectivity index (χ3n) is 2.17. The highest BCUT2D eigenvalue weighted by atomic mass is 32.2. The maximum atomic E-state index is 11.0. The van der Waals surface area contributed by atoms with Gasteiger partial charge in [-0.2, -0.15) is 37.6 Å². The normalized spacial score (nSPS) is 18.7. The minimum absolute atomic E-state index is 1.12. The number of hydrogen-bond acceptors (Lipinski definition) is 8. The van der Waals surface area contributed by atoms with Crippen molar-refractivity contribution in [2.45, 2.75) is 24.6 Å². The highest BCUT2D eigenvalue weighted by Crippen LogP contribution is 2.18. The predicted octanol–water partition coefficient (Wildman–Crippen LogP) is 0.186. The molecule has 0 heterocycles. The highest BCUT2D eigenvalue weighted by Gasteiger charge is 2.33. The number of azo groups is 1. The molecule has 20 heavy (non-hydrogen) atoms. The van der Waals surface area contributed by atoms with E-state index >= 15 is 0 Å². The number of nitriles is 2. The zero-order chi connectivity index (χ0) is 16.1. The van der Waals surface area contributed by atoms with Crippen molar-refractivity contribution in [2.24, 2.45) is 22.1 Å². The van der Waals surface area contributed by atoms with Gasteiger partial charge in [0.15, 0.2) is 0 Å². The van der Waals surface area contributed by atoms with Crippen LogP contribution in [0.5, 0.6) is 0 Å². The highest BCUT2D eigenvalue weighted by molar-refractivity contribution is 7.86. The first kappa shape index (κ1) is 18.4. The van der Waals surface area contributed by atoms with Crippen molar-refractivity contribution in [1.29, 1.82) is 10.5 Å². The molecule has 0 aliphatic heterocycles. The second kappa shape index (κ2) is 6.71. The van der Waals surface area contributed by atoms with Gasteiger partial charge in [0.2, 0.25) is 10.7 Å². The summed E-state index contributed by atoms with van der Waals surface area (Å²) < 4.78 is 61.8. The monoisotopic (exact) mass is 324 g/mol. The molecule has 0 aliphatic carbocycles. The molecule has 0 aliphatic rings. The molecule has 0 spiro atoms. The molecule has 0 rings (SSSR count). The van der Waals surface area contributed by atoms with E-state index in [1.807, 2.05) is 0 Å². The molecule has 12 heteroatoms. The molecule has 10 nitrogen and oxygen atoms in total. The van der Waals surface area contributed by atoms with E-state index in [0.717, 1.165) is 13.8 Å². The largest absolute Gasteiger partial charge is 0.291 e. The van der Waals surface area contributed by atoms with Gasteiger partial charge in [0.25, 0.3) is 20.2 Å². The molecule has 0 fully saturated rings. The van der Waals surface area contributed by atoms with E-state index in [0.29, 0.717) is 0 Å². The summed E-state index contributed by atoms with van der Waals surface area (Å²) in [5, 5.41) is 19.3. The van der Waals surface area contributed by atoms with Gasteiger partial charge >= 0.3 is 0 Å². The minimum Gasteiger partial charge on any atom is -0.284 e. The summed E-state index contributed by atoms with van der Waals surface area (Å²) >= 11 is 0. The molecular formula is C8H12N4O6S2. The van der Waals surface area contributed by atoms with Crippen LogP contribution >= 0.6 is 0 Å². The summed E-state index contributed by atoms with van der Waals surface area (Å²) in [5.41, 5.74) is 0. The van der Waals surface area contributed by atoms with Crippen molar-refractivity contribution in [1.82, 2.24) is 0 Å². The Morgan fingerprint density at radius 3 is 1.25 bits per heavy atom. The maximum absolute atomic E-state index is 11.0. The lowest BCUT2D eigenvalue weighted by Crippen LogP contribution is -2.28. The van der Waals surface area contributed by atoms with Crippen LogP contribution in [0.1, 0.15) is 13.8 Å². The Morgan fingerprint density at radius 1 is 0.850 bits per heavy atom. The second-order valence-electron chi connectivity index (χ2n) is 3.88. The van der Waals surface area contributed by atoms with E-state index in [4.69, 9.17) is 19.6 Å². The molecular weight excluding hydrogens is 312 g/mol. The van der Waals surface area contributed by atoms with E-state index in [1.165, 1.54) is 12.1 Å². The van der Waals surface area contributed by atoms with Crippen LogP contribution in [0.3, 0.4) is 0 Å². The average molecular weight is 324 g/mol. The molecule has 0 amide bonds. The van der Waals surface area contributed by atoms with Gasteiger partial charge in [0.1, 0.15) is 0 Å². The van der Waals surface area contributed by atoms with Crippen molar-refractivity contribution in [3.05, 3.63) is 0 Å². The predicted molar refractivity (Wildman–Crippen MR) is 65.1 cm³/mol. The van der Waals surface area contributed by atoms with Crippen LogP contribution in [0.15, 0.2) is 10.2 Å². The van der Waals surface area contributed by atoms with Gasteiger partial charge in [-0.3, -0.25) is 9.11 Å². The van der Waals surface area contributed by atoms with Gasteiger partial charge in [0, 0.05) is 0 Å². The summed E-state index contributed by atoms with van der Waals surface area (Å²) in [7, 11) is -9.58. The summed E-state index contributed by atoms with van der Waals surface area (Å²) in [4.78, 5) is 0. The van der Waals surface area contributed by atoms with E-state index in [2.05, 4.69) is 10.2 Å². The van der Waals surface area contributed by atoms with Gasteiger partial charge in [-0.1, -0.05) is 0 Å². The molecule has 2 N–H and O–H groups in total. The molecule has 0 radical (unpaired) electrons. The molecule has 0 saturated carbocycles. The van der Waals surface area contributed by atoms with E-state index in [-0.39, 0.29) is 0 Å². The quantitative estimate of drug-likeness (QED) is 0.512. The van der Waals surface area contributed by atoms with Crippen LogP contribution in [-0.2, 0) is 20.2 Å². The van der Waals surface area contributed by atoms with Crippen LogP contribution in [0.25, 0.3) is 0 Å². The van der Waals surface area contributed by atoms with Crippen molar-refractivity contribution in [3.63, 3.8) is 0 Å². The van der Waals surface area contributed by atoms with Crippen LogP contribution in [0, 0.1) is 34.5 Å². The van der Waals surface area contributed by atoms with E-state index in [1.54, 1.807) is 0 Å². The summed E-state index contributed by atoms with van der Waals surface area (Å²) in [6, 6.07) is 3.01. The van der Waals surface area contributed by atoms with Gasteiger partial charge in [-0.05, 0) is 13.8 Å². The third-order valence-corrected chi connectivity index (χ3v) is 4.39. The summed E-state index contributed by atoms with van der Waals surface area (Å²) in [5.74, 6) is -2.62. The maximum Gasteiger partial charge on any atom is 0.291 e. The smallest absolute Gasteiger partial charge is 0.284 e. The molecule has 0 saturated heterocycles. The lowest BCUT2D eigenvalue weighted by atomic mass is 10.2. The Bertz CT molecular complexity index is 598. The topological polar surface area (TPSA) is 181 Å². The Labute approximate surface area is 116 Å². The van der Waals surface area contributed by atoms with Gasteiger partial charge < -0.3 is 0 Å². The number of rotatable bonds is 6. The fourth-order valence-electron chi connectivity index (χ4n) is 1.09. The zero-order valence-corrected chi connectivity index (χ0v) is 12.1. The van der Waals surface area contributed by atoms with Crippen LogP contribution in [0.4, 0.5) is 0 Å². The lowest BCUT2D eigenvalue weighted by Gasteiger charge is -2.13.